The standard InChI is InChI=1S/C46H91NO5/c1-5-8-11-14-17-26-33-43-51-45(48)37-29-22-18-24-31-39-47(41-34-42-50-4)40-32-25-19-23-30-38-46(49)52-44(35-27-20-15-12-9-6-2)36-28-21-16-13-10-7-3/h44H,5-43H2,1-4H3. The molecule has 0 bridgehead atoms. The zero-order valence-corrected chi connectivity index (χ0v) is 35.6. The molecule has 0 aliphatic rings. The van der Waals surface area contributed by atoms with Crippen molar-refractivity contribution < 1.29 is 23.8 Å². The lowest BCUT2D eigenvalue weighted by Crippen LogP contribution is -2.28. The van der Waals surface area contributed by atoms with E-state index in [2.05, 4.69) is 25.7 Å². The number of unbranched alkanes of at least 4 members (excludes halogenated alkanes) is 24. The van der Waals surface area contributed by atoms with Crippen molar-refractivity contribution in [2.75, 3.05) is 40.0 Å². The topological polar surface area (TPSA) is 65.1 Å². The Balaban J connectivity index is 4.09. The molecule has 0 aliphatic carbocycles. The van der Waals surface area contributed by atoms with Crippen molar-refractivity contribution in [1.82, 2.24) is 4.90 Å². The maximum absolute atomic E-state index is 12.7. The number of methoxy groups -OCH3 is 1. The lowest BCUT2D eigenvalue weighted by molar-refractivity contribution is -0.150. The molecule has 0 aromatic carbocycles. The number of carbonyl (C=O) groups is 2. The molecule has 0 saturated carbocycles. The summed E-state index contributed by atoms with van der Waals surface area (Å²) in [5.74, 6) is 0.0199. The number of carbonyl (C=O) groups excluding carboxylic acids is 2. The van der Waals surface area contributed by atoms with Crippen LogP contribution in [0.2, 0.25) is 0 Å². The molecule has 0 saturated heterocycles. The molecule has 0 spiro atoms. The van der Waals surface area contributed by atoms with Gasteiger partial charge in [-0.05, 0) is 77.3 Å². The largest absolute Gasteiger partial charge is 0.466 e. The van der Waals surface area contributed by atoms with Crippen LogP contribution < -0.4 is 0 Å². The van der Waals surface area contributed by atoms with Gasteiger partial charge in [0.25, 0.3) is 0 Å². The van der Waals surface area contributed by atoms with Gasteiger partial charge >= 0.3 is 11.9 Å². The molecule has 310 valence electrons. The van der Waals surface area contributed by atoms with Crippen molar-refractivity contribution in [2.45, 2.75) is 245 Å². The van der Waals surface area contributed by atoms with Crippen LogP contribution in [0.3, 0.4) is 0 Å². The van der Waals surface area contributed by atoms with Crippen LogP contribution in [0.1, 0.15) is 239 Å². The fraction of sp³-hybridized carbons (Fsp3) is 0.957. The number of ether oxygens (including phenoxy) is 3. The van der Waals surface area contributed by atoms with Crippen molar-refractivity contribution in [2.24, 2.45) is 0 Å². The predicted octanol–water partition coefficient (Wildman–Crippen LogP) is 13.7. The molecule has 0 aromatic rings. The van der Waals surface area contributed by atoms with Gasteiger partial charge in [0.05, 0.1) is 6.61 Å². The quantitative estimate of drug-likeness (QED) is 0.0458. The smallest absolute Gasteiger partial charge is 0.306 e. The highest BCUT2D eigenvalue weighted by Crippen LogP contribution is 2.18. The first-order chi connectivity index (χ1) is 25.6. The van der Waals surface area contributed by atoms with Crippen LogP contribution in [-0.4, -0.2) is 62.9 Å². The first-order valence-corrected chi connectivity index (χ1v) is 23.1. The summed E-state index contributed by atoms with van der Waals surface area (Å²) in [6.07, 6.45) is 40.1. The van der Waals surface area contributed by atoms with Crippen molar-refractivity contribution in [3.8, 4) is 0 Å². The van der Waals surface area contributed by atoms with Gasteiger partial charge < -0.3 is 19.1 Å². The number of esters is 2. The van der Waals surface area contributed by atoms with Crippen molar-refractivity contribution in [3.63, 3.8) is 0 Å². The molecule has 0 fully saturated rings. The Morgan fingerprint density at radius 2 is 0.808 bits per heavy atom. The molecule has 0 radical (unpaired) electrons. The Hall–Kier alpha value is -1.14. The lowest BCUT2D eigenvalue weighted by Gasteiger charge is -2.22. The monoisotopic (exact) mass is 738 g/mol. The highest BCUT2D eigenvalue weighted by molar-refractivity contribution is 5.69. The third kappa shape index (κ3) is 38.6. The van der Waals surface area contributed by atoms with E-state index in [0.717, 1.165) is 77.6 Å². The van der Waals surface area contributed by atoms with Crippen LogP contribution in [0, 0.1) is 0 Å². The van der Waals surface area contributed by atoms with Gasteiger partial charge in [-0.25, -0.2) is 0 Å². The molecule has 0 atom stereocenters. The number of nitrogens with zero attached hydrogens (tertiary/aromatic N) is 1. The molecule has 6 heteroatoms. The van der Waals surface area contributed by atoms with Crippen LogP contribution in [0.5, 0.6) is 0 Å². The van der Waals surface area contributed by atoms with E-state index in [9.17, 15) is 9.59 Å². The highest BCUT2D eigenvalue weighted by Gasteiger charge is 2.14. The minimum absolute atomic E-state index is 0.0125. The number of hydrogen-bond donors (Lipinski definition) is 0. The summed E-state index contributed by atoms with van der Waals surface area (Å²) in [5.41, 5.74) is 0. The van der Waals surface area contributed by atoms with Gasteiger partial charge in [-0.2, -0.15) is 0 Å². The van der Waals surface area contributed by atoms with E-state index in [1.165, 1.54) is 154 Å². The normalized spacial score (nSPS) is 11.6. The summed E-state index contributed by atoms with van der Waals surface area (Å²) in [7, 11) is 1.79. The Bertz CT molecular complexity index is 716. The molecule has 0 aromatic heterocycles. The number of hydrogen-bond acceptors (Lipinski definition) is 6. The van der Waals surface area contributed by atoms with Crippen LogP contribution >= 0.6 is 0 Å². The molecular weight excluding hydrogens is 647 g/mol. The molecule has 0 rings (SSSR count). The zero-order chi connectivity index (χ0) is 38.0. The Kier molecular flexibility index (Phi) is 41.7. The second kappa shape index (κ2) is 42.6. The van der Waals surface area contributed by atoms with Gasteiger partial charge in [0, 0.05) is 33.1 Å². The highest BCUT2D eigenvalue weighted by atomic mass is 16.5. The van der Waals surface area contributed by atoms with E-state index in [-0.39, 0.29) is 18.0 Å². The lowest BCUT2D eigenvalue weighted by atomic mass is 10.0. The number of rotatable bonds is 43. The van der Waals surface area contributed by atoms with Crippen LogP contribution in [0.4, 0.5) is 0 Å². The second-order valence-corrected chi connectivity index (χ2v) is 15.8. The fourth-order valence-electron chi connectivity index (χ4n) is 7.17. The average Bonchev–Trinajstić information content (AvgIpc) is 3.14. The van der Waals surface area contributed by atoms with E-state index in [4.69, 9.17) is 14.2 Å². The summed E-state index contributed by atoms with van der Waals surface area (Å²) in [4.78, 5) is 27.4. The van der Waals surface area contributed by atoms with Gasteiger partial charge in [-0.3, -0.25) is 9.59 Å². The fourth-order valence-corrected chi connectivity index (χ4v) is 7.17. The van der Waals surface area contributed by atoms with E-state index in [1.54, 1.807) is 7.11 Å². The van der Waals surface area contributed by atoms with Gasteiger partial charge in [0.15, 0.2) is 0 Å². The maximum Gasteiger partial charge on any atom is 0.306 e. The maximum atomic E-state index is 12.7. The zero-order valence-electron chi connectivity index (χ0n) is 35.6. The summed E-state index contributed by atoms with van der Waals surface area (Å²) >= 11 is 0. The Morgan fingerprint density at radius 3 is 1.29 bits per heavy atom. The third-order valence-corrected chi connectivity index (χ3v) is 10.6. The molecule has 0 aliphatic heterocycles. The van der Waals surface area contributed by atoms with E-state index in [1.807, 2.05) is 0 Å². The van der Waals surface area contributed by atoms with Gasteiger partial charge in [0.2, 0.25) is 0 Å². The molecule has 0 amide bonds. The molecule has 0 N–H and O–H groups in total. The summed E-state index contributed by atoms with van der Waals surface area (Å²) in [6, 6.07) is 0. The summed E-state index contributed by atoms with van der Waals surface area (Å²) in [6.45, 7) is 11.6. The minimum Gasteiger partial charge on any atom is -0.466 e. The van der Waals surface area contributed by atoms with Gasteiger partial charge in [-0.15, -0.1) is 0 Å². The van der Waals surface area contributed by atoms with E-state index >= 15 is 0 Å². The average molecular weight is 738 g/mol. The first-order valence-electron chi connectivity index (χ1n) is 23.1. The third-order valence-electron chi connectivity index (χ3n) is 10.6. The van der Waals surface area contributed by atoms with Crippen molar-refractivity contribution >= 4 is 11.9 Å². The van der Waals surface area contributed by atoms with Crippen LogP contribution in [0.25, 0.3) is 0 Å². The molecule has 0 heterocycles. The Morgan fingerprint density at radius 1 is 0.423 bits per heavy atom. The van der Waals surface area contributed by atoms with Gasteiger partial charge in [0.1, 0.15) is 6.10 Å². The van der Waals surface area contributed by atoms with E-state index < -0.39 is 0 Å². The molecule has 52 heavy (non-hydrogen) atoms. The van der Waals surface area contributed by atoms with Crippen molar-refractivity contribution in [3.05, 3.63) is 0 Å². The van der Waals surface area contributed by atoms with Gasteiger partial charge in [-0.1, -0.05) is 162 Å². The summed E-state index contributed by atoms with van der Waals surface area (Å²) in [5, 5.41) is 0. The van der Waals surface area contributed by atoms with Crippen LogP contribution in [0.15, 0.2) is 0 Å². The minimum atomic E-state index is -0.0125. The second-order valence-electron chi connectivity index (χ2n) is 15.8. The van der Waals surface area contributed by atoms with Crippen molar-refractivity contribution in [1.29, 1.82) is 0 Å². The SMILES string of the molecule is CCCCCCCCCOC(=O)CCCCCCCN(CCCCCCCC(=O)OC(CCCCCCCC)CCCCCCCC)CCCOC. The molecule has 6 nitrogen and oxygen atoms in total. The van der Waals surface area contributed by atoms with Crippen LogP contribution in [-0.2, 0) is 23.8 Å². The Labute approximate surface area is 325 Å². The molecular formula is C46H91NO5. The molecule has 0 unspecified atom stereocenters. The predicted molar refractivity (Wildman–Crippen MR) is 223 cm³/mol. The van der Waals surface area contributed by atoms with E-state index in [0.29, 0.717) is 19.4 Å². The summed E-state index contributed by atoms with van der Waals surface area (Å²) < 4.78 is 16.8. The first kappa shape index (κ1) is 50.9.